The van der Waals surface area contributed by atoms with Crippen LogP contribution in [0, 0.1) is 13.8 Å². The molecule has 1 aromatic carbocycles. The van der Waals surface area contributed by atoms with Crippen LogP contribution >= 0.6 is 24.0 Å². The van der Waals surface area contributed by atoms with Gasteiger partial charge < -0.3 is 14.1 Å². The Morgan fingerprint density at radius 3 is 2.73 bits per heavy atom. The van der Waals surface area contributed by atoms with E-state index in [4.69, 9.17) is 16.6 Å². The number of furan rings is 1. The number of thiocarbonyl (C=S) groups is 1. The van der Waals surface area contributed by atoms with Gasteiger partial charge in [-0.25, -0.2) is 4.79 Å². The highest BCUT2D eigenvalue weighted by Crippen LogP contribution is 2.37. The number of aryl methyl sites for hydroxylation is 1. The lowest BCUT2D eigenvalue weighted by molar-refractivity contribution is -0.113. The monoisotopic (exact) mass is 438 g/mol. The third kappa shape index (κ3) is 3.71. The first-order valence-electron chi connectivity index (χ1n) is 9.15. The third-order valence-electron chi connectivity index (χ3n) is 4.94. The van der Waals surface area contributed by atoms with Crippen molar-refractivity contribution >= 4 is 51.9 Å². The van der Waals surface area contributed by atoms with Crippen LogP contribution in [0.3, 0.4) is 0 Å². The van der Waals surface area contributed by atoms with Crippen LogP contribution < -0.4 is 4.90 Å². The molecule has 0 radical (unpaired) electrons. The second kappa shape index (κ2) is 7.97. The van der Waals surface area contributed by atoms with E-state index in [1.165, 1.54) is 28.8 Å². The number of hydrogen-bond acceptors (Lipinski definition) is 5. The van der Waals surface area contributed by atoms with E-state index < -0.39 is 5.97 Å². The van der Waals surface area contributed by atoms with E-state index in [-0.39, 0.29) is 11.5 Å². The van der Waals surface area contributed by atoms with Crippen molar-refractivity contribution in [3.05, 3.63) is 81.9 Å². The van der Waals surface area contributed by atoms with Gasteiger partial charge in [0, 0.05) is 11.4 Å². The van der Waals surface area contributed by atoms with Gasteiger partial charge in [-0.15, -0.1) is 0 Å². The Morgan fingerprint density at radius 2 is 2.03 bits per heavy atom. The van der Waals surface area contributed by atoms with E-state index in [1.54, 1.807) is 18.4 Å². The maximum absolute atomic E-state index is 13.0. The van der Waals surface area contributed by atoms with E-state index in [2.05, 4.69) is 4.57 Å². The number of rotatable bonds is 5. The minimum atomic E-state index is -1.05. The van der Waals surface area contributed by atoms with Crippen LogP contribution in [0.1, 0.15) is 33.1 Å². The summed E-state index contributed by atoms with van der Waals surface area (Å²) in [6.45, 7) is 4.62. The number of carboxylic acids is 1. The summed E-state index contributed by atoms with van der Waals surface area (Å²) >= 11 is 6.61. The number of hydrogen-bond donors (Lipinski definition) is 1. The molecule has 6 nitrogen and oxygen atoms in total. The number of benzene rings is 1. The SMILES string of the molecule is Cc1cc(/C=C2\SC(=S)N(c3cccc(C(=O)O)c3)C2=O)c(C)n1Cc1ccco1. The number of anilines is 1. The summed E-state index contributed by atoms with van der Waals surface area (Å²) in [5, 5.41) is 9.22. The lowest BCUT2D eigenvalue weighted by Gasteiger charge is -2.14. The Balaban J connectivity index is 1.64. The van der Waals surface area contributed by atoms with E-state index in [1.807, 2.05) is 38.1 Å². The molecule has 0 spiro atoms. The number of carboxylic acid groups (broad SMARTS) is 1. The highest BCUT2D eigenvalue weighted by Gasteiger charge is 2.33. The summed E-state index contributed by atoms with van der Waals surface area (Å²) < 4.78 is 7.95. The normalized spacial score (nSPS) is 15.4. The molecule has 2 aromatic heterocycles. The van der Waals surface area contributed by atoms with Crippen molar-refractivity contribution in [3.63, 3.8) is 0 Å². The van der Waals surface area contributed by atoms with Crippen molar-refractivity contribution in [1.29, 1.82) is 0 Å². The maximum Gasteiger partial charge on any atom is 0.335 e. The fourth-order valence-electron chi connectivity index (χ4n) is 3.39. The number of thioether (sulfide) groups is 1. The number of nitrogens with zero attached hydrogens (tertiary/aromatic N) is 2. The van der Waals surface area contributed by atoms with E-state index >= 15 is 0 Å². The fourth-order valence-corrected chi connectivity index (χ4v) is 4.68. The van der Waals surface area contributed by atoms with Gasteiger partial charge in [-0.2, -0.15) is 0 Å². The van der Waals surface area contributed by atoms with Gasteiger partial charge in [-0.3, -0.25) is 9.69 Å². The molecule has 0 bridgehead atoms. The van der Waals surface area contributed by atoms with Crippen molar-refractivity contribution < 1.29 is 19.1 Å². The number of aromatic carboxylic acids is 1. The lowest BCUT2D eigenvalue weighted by atomic mass is 10.2. The average Bonchev–Trinajstić information content (AvgIpc) is 3.39. The standard InChI is InChI=1S/C22H18N2O4S2/c1-13-9-16(14(2)23(13)12-18-7-4-8-28-18)11-19-20(25)24(22(29)30-19)17-6-3-5-15(10-17)21(26)27/h3-11H,12H2,1-2H3,(H,26,27)/b19-11-. The predicted molar refractivity (Wildman–Crippen MR) is 121 cm³/mol. The molecule has 0 atom stereocenters. The van der Waals surface area contributed by atoms with Gasteiger partial charge in [0.25, 0.3) is 5.91 Å². The summed E-state index contributed by atoms with van der Waals surface area (Å²) in [5.41, 5.74) is 3.55. The Hall–Kier alpha value is -3.10. The number of carbonyl (C=O) groups is 2. The molecule has 0 unspecified atom stereocenters. The van der Waals surface area contributed by atoms with E-state index in [9.17, 15) is 14.7 Å². The van der Waals surface area contributed by atoms with Crippen molar-refractivity contribution in [2.24, 2.45) is 0 Å². The van der Waals surface area contributed by atoms with Crippen molar-refractivity contribution in [2.75, 3.05) is 4.90 Å². The summed E-state index contributed by atoms with van der Waals surface area (Å²) in [6, 6.07) is 12.0. The molecule has 0 saturated carbocycles. The number of aromatic nitrogens is 1. The van der Waals surface area contributed by atoms with Crippen LogP contribution in [0.5, 0.6) is 0 Å². The minimum absolute atomic E-state index is 0.104. The fraction of sp³-hybridized carbons (Fsp3) is 0.136. The molecule has 1 aliphatic rings. The summed E-state index contributed by atoms with van der Waals surface area (Å²) in [5.74, 6) is -0.460. The Kier molecular flexibility index (Phi) is 5.36. The van der Waals surface area contributed by atoms with Gasteiger partial charge in [0.1, 0.15) is 5.76 Å². The van der Waals surface area contributed by atoms with E-state index in [0.717, 1.165) is 22.7 Å². The largest absolute Gasteiger partial charge is 0.478 e. The van der Waals surface area contributed by atoms with Crippen LogP contribution in [0.4, 0.5) is 5.69 Å². The quantitative estimate of drug-likeness (QED) is 0.453. The van der Waals surface area contributed by atoms with Gasteiger partial charge in [-0.05, 0) is 61.9 Å². The number of amides is 1. The zero-order chi connectivity index (χ0) is 21.4. The van der Waals surface area contributed by atoms with Gasteiger partial charge in [0.05, 0.1) is 29.0 Å². The molecule has 30 heavy (non-hydrogen) atoms. The van der Waals surface area contributed by atoms with Gasteiger partial charge in [-0.1, -0.05) is 30.0 Å². The van der Waals surface area contributed by atoms with Crippen LogP contribution in [0.25, 0.3) is 6.08 Å². The topological polar surface area (TPSA) is 75.7 Å². The van der Waals surface area contributed by atoms with Crippen LogP contribution in [0.2, 0.25) is 0 Å². The molecule has 8 heteroatoms. The molecule has 3 aromatic rings. The van der Waals surface area contributed by atoms with Gasteiger partial charge in [0.15, 0.2) is 4.32 Å². The lowest BCUT2D eigenvalue weighted by Crippen LogP contribution is -2.27. The molecule has 1 amide bonds. The van der Waals surface area contributed by atoms with Crippen LogP contribution in [0.15, 0.2) is 58.1 Å². The Labute approximate surface area is 182 Å². The maximum atomic E-state index is 13.0. The first-order chi connectivity index (χ1) is 14.3. The van der Waals surface area contributed by atoms with Crippen molar-refractivity contribution in [3.8, 4) is 0 Å². The highest BCUT2D eigenvalue weighted by molar-refractivity contribution is 8.27. The van der Waals surface area contributed by atoms with Crippen LogP contribution in [-0.4, -0.2) is 25.9 Å². The molecule has 1 saturated heterocycles. The zero-order valence-corrected chi connectivity index (χ0v) is 17.9. The number of carbonyl (C=O) groups excluding carboxylic acids is 1. The third-order valence-corrected chi connectivity index (χ3v) is 6.24. The van der Waals surface area contributed by atoms with Gasteiger partial charge in [0.2, 0.25) is 0 Å². The average molecular weight is 439 g/mol. The smallest absolute Gasteiger partial charge is 0.335 e. The molecule has 1 fully saturated rings. The van der Waals surface area contributed by atoms with Crippen molar-refractivity contribution in [1.82, 2.24) is 4.57 Å². The Morgan fingerprint density at radius 1 is 1.23 bits per heavy atom. The first kappa shape index (κ1) is 20.2. The molecule has 1 aliphatic heterocycles. The highest BCUT2D eigenvalue weighted by atomic mass is 32.2. The first-order valence-corrected chi connectivity index (χ1v) is 10.4. The predicted octanol–water partition coefficient (Wildman–Crippen LogP) is 4.85. The second-order valence-electron chi connectivity index (χ2n) is 6.86. The molecular weight excluding hydrogens is 420 g/mol. The molecule has 1 N–H and O–H groups in total. The van der Waals surface area contributed by atoms with Crippen LogP contribution in [-0.2, 0) is 11.3 Å². The molecular formula is C22H18N2O4S2. The molecule has 0 aliphatic carbocycles. The van der Waals surface area contributed by atoms with Crippen molar-refractivity contribution in [2.45, 2.75) is 20.4 Å². The second-order valence-corrected chi connectivity index (χ2v) is 8.54. The molecule has 3 heterocycles. The Bertz CT molecular complexity index is 1190. The minimum Gasteiger partial charge on any atom is -0.478 e. The summed E-state index contributed by atoms with van der Waals surface area (Å²) in [6.07, 6.45) is 3.48. The van der Waals surface area contributed by atoms with Gasteiger partial charge >= 0.3 is 5.97 Å². The zero-order valence-electron chi connectivity index (χ0n) is 16.3. The molecule has 152 valence electrons. The summed E-state index contributed by atoms with van der Waals surface area (Å²) in [7, 11) is 0. The van der Waals surface area contributed by atoms with E-state index in [0.29, 0.717) is 21.5 Å². The summed E-state index contributed by atoms with van der Waals surface area (Å²) in [4.78, 5) is 26.2. The molecule has 4 rings (SSSR count).